The van der Waals surface area contributed by atoms with Crippen LogP contribution < -0.4 is 10.1 Å². The SMILES string of the molecule is CC[C@@H](C(=O)NC1CCCCC1)N(Cc1cccc(C)c1)C(=O)COc1ccc(I)cc1. The summed E-state index contributed by atoms with van der Waals surface area (Å²) in [4.78, 5) is 28.2. The Morgan fingerprint density at radius 3 is 2.50 bits per heavy atom. The lowest BCUT2D eigenvalue weighted by molar-refractivity contribution is -0.143. The molecule has 2 amide bonds. The maximum atomic E-state index is 13.3. The Morgan fingerprint density at radius 2 is 1.84 bits per heavy atom. The van der Waals surface area contributed by atoms with Gasteiger partial charge in [-0.15, -0.1) is 0 Å². The van der Waals surface area contributed by atoms with E-state index in [9.17, 15) is 9.59 Å². The fraction of sp³-hybridized carbons (Fsp3) is 0.462. The predicted octanol–water partition coefficient (Wildman–Crippen LogP) is 5.23. The second-order valence-electron chi connectivity index (χ2n) is 8.52. The lowest BCUT2D eigenvalue weighted by atomic mass is 9.95. The van der Waals surface area contributed by atoms with Crippen LogP contribution in [0.4, 0.5) is 0 Å². The van der Waals surface area contributed by atoms with Crippen molar-refractivity contribution in [2.24, 2.45) is 0 Å². The fourth-order valence-electron chi connectivity index (χ4n) is 4.23. The smallest absolute Gasteiger partial charge is 0.261 e. The molecule has 5 nitrogen and oxygen atoms in total. The van der Waals surface area contributed by atoms with Crippen LogP contribution in [-0.2, 0) is 16.1 Å². The Labute approximate surface area is 205 Å². The van der Waals surface area contributed by atoms with E-state index in [2.05, 4.69) is 34.0 Å². The van der Waals surface area contributed by atoms with E-state index < -0.39 is 6.04 Å². The van der Waals surface area contributed by atoms with Crippen LogP contribution in [0.15, 0.2) is 48.5 Å². The number of ether oxygens (including phenoxy) is 1. The molecule has 0 aliphatic heterocycles. The van der Waals surface area contributed by atoms with E-state index in [1.807, 2.05) is 56.3 Å². The van der Waals surface area contributed by atoms with Gasteiger partial charge in [0, 0.05) is 16.2 Å². The highest BCUT2D eigenvalue weighted by Gasteiger charge is 2.30. The Bertz CT molecular complexity index is 894. The van der Waals surface area contributed by atoms with Crippen LogP contribution in [0.25, 0.3) is 0 Å². The molecule has 2 aromatic carbocycles. The van der Waals surface area contributed by atoms with Gasteiger partial charge in [-0.05, 0) is 78.6 Å². The maximum absolute atomic E-state index is 13.3. The van der Waals surface area contributed by atoms with Crippen LogP contribution in [-0.4, -0.2) is 35.4 Å². The van der Waals surface area contributed by atoms with Gasteiger partial charge in [-0.3, -0.25) is 9.59 Å². The molecule has 32 heavy (non-hydrogen) atoms. The Kier molecular flexibility index (Phi) is 9.38. The normalized spacial score (nSPS) is 15.1. The van der Waals surface area contributed by atoms with Gasteiger partial charge in [0.2, 0.25) is 5.91 Å². The first kappa shape index (κ1) is 24.6. The number of carbonyl (C=O) groups excluding carboxylic acids is 2. The molecule has 0 spiro atoms. The van der Waals surface area contributed by atoms with Crippen molar-refractivity contribution in [3.63, 3.8) is 0 Å². The van der Waals surface area contributed by atoms with Crippen molar-refractivity contribution in [1.82, 2.24) is 10.2 Å². The minimum Gasteiger partial charge on any atom is -0.484 e. The molecular formula is C26H33IN2O3. The lowest BCUT2D eigenvalue weighted by Gasteiger charge is -2.32. The number of hydrogen-bond acceptors (Lipinski definition) is 3. The van der Waals surface area contributed by atoms with Gasteiger partial charge in [0.1, 0.15) is 11.8 Å². The summed E-state index contributed by atoms with van der Waals surface area (Å²) < 4.78 is 6.87. The number of carbonyl (C=O) groups is 2. The summed E-state index contributed by atoms with van der Waals surface area (Å²) in [5, 5.41) is 3.21. The fourth-order valence-corrected chi connectivity index (χ4v) is 4.59. The van der Waals surface area contributed by atoms with Crippen LogP contribution in [0, 0.1) is 10.5 Å². The molecule has 0 radical (unpaired) electrons. The molecule has 0 saturated heterocycles. The maximum Gasteiger partial charge on any atom is 0.261 e. The number of amides is 2. The highest BCUT2D eigenvalue weighted by molar-refractivity contribution is 14.1. The second-order valence-corrected chi connectivity index (χ2v) is 9.77. The number of halogens is 1. The third-order valence-corrected chi connectivity index (χ3v) is 6.67. The quantitative estimate of drug-likeness (QED) is 0.437. The molecule has 0 heterocycles. The van der Waals surface area contributed by atoms with Gasteiger partial charge in [0.05, 0.1) is 0 Å². The zero-order valence-electron chi connectivity index (χ0n) is 19.0. The van der Waals surface area contributed by atoms with Gasteiger partial charge >= 0.3 is 0 Å². The summed E-state index contributed by atoms with van der Waals surface area (Å²) in [6.45, 7) is 4.27. The molecule has 1 saturated carbocycles. The van der Waals surface area contributed by atoms with Crippen molar-refractivity contribution in [3.8, 4) is 5.75 Å². The number of benzene rings is 2. The molecule has 2 aromatic rings. The number of nitrogens with zero attached hydrogens (tertiary/aromatic N) is 1. The molecule has 1 aliphatic rings. The first-order chi connectivity index (χ1) is 15.5. The molecule has 3 rings (SSSR count). The molecule has 0 bridgehead atoms. The zero-order valence-corrected chi connectivity index (χ0v) is 21.1. The standard InChI is InChI=1S/C26H33IN2O3/c1-3-24(26(31)28-22-10-5-4-6-11-22)29(17-20-9-7-8-19(2)16-20)25(30)18-32-23-14-12-21(27)13-15-23/h7-9,12-16,22,24H,3-6,10-11,17-18H2,1-2H3,(H,28,31)/t24-/m0/s1. The summed E-state index contributed by atoms with van der Waals surface area (Å²) in [6, 6.07) is 15.4. The summed E-state index contributed by atoms with van der Waals surface area (Å²) in [5.74, 6) is 0.402. The van der Waals surface area contributed by atoms with Crippen molar-refractivity contribution < 1.29 is 14.3 Å². The third kappa shape index (κ3) is 7.22. The highest BCUT2D eigenvalue weighted by Crippen LogP contribution is 2.20. The Hall–Kier alpha value is -2.09. The van der Waals surface area contributed by atoms with Crippen molar-refractivity contribution in [2.75, 3.05) is 6.61 Å². The van der Waals surface area contributed by atoms with E-state index in [0.717, 1.165) is 40.4 Å². The predicted molar refractivity (Wildman–Crippen MR) is 135 cm³/mol. The molecular weight excluding hydrogens is 515 g/mol. The number of aryl methyl sites for hydroxylation is 1. The van der Waals surface area contributed by atoms with E-state index in [4.69, 9.17) is 4.74 Å². The van der Waals surface area contributed by atoms with Crippen molar-refractivity contribution in [1.29, 1.82) is 0 Å². The molecule has 172 valence electrons. The van der Waals surface area contributed by atoms with Crippen LogP contribution in [0.5, 0.6) is 5.75 Å². The Morgan fingerprint density at radius 1 is 1.12 bits per heavy atom. The van der Waals surface area contributed by atoms with Crippen LogP contribution in [0.3, 0.4) is 0 Å². The molecule has 0 aromatic heterocycles. The van der Waals surface area contributed by atoms with Crippen molar-refractivity contribution in [2.45, 2.75) is 71.0 Å². The van der Waals surface area contributed by atoms with E-state index in [-0.39, 0.29) is 24.5 Å². The molecule has 1 N–H and O–H groups in total. The minimum absolute atomic E-state index is 0.0605. The monoisotopic (exact) mass is 548 g/mol. The van der Waals surface area contributed by atoms with Crippen LogP contribution in [0.2, 0.25) is 0 Å². The summed E-state index contributed by atoms with van der Waals surface area (Å²) in [6.07, 6.45) is 6.12. The summed E-state index contributed by atoms with van der Waals surface area (Å²) >= 11 is 2.23. The minimum atomic E-state index is -0.523. The van der Waals surface area contributed by atoms with Gasteiger partial charge in [-0.25, -0.2) is 0 Å². The van der Waals surface area contributed by atoms with Crippen LogP contribution >= 0.6 is 22.6 Å². The highest BCUT2D eigenvalue weighted by atomic mass is 127. The molecule has 1 atom stereocenters. The largest absolute Gasteiger partial charge is 0.484 e. The second kappa shape index (κ2) is 12.2. The van der Waals surface area contributed by atoms with E-state index in [0.29, 0.717) is 18.7 Å². The number of nitrogens with one attached hydrogen (secondary N) is 1. The molecule has 6 heteroatoms. The summed E-state index contributed by atoms with van der Waals surface area (Å²) in [5.41, 5.74) is 2.14. The average molecular weight is 548 g/mol. The number of hydrogen-bond donors (Lipinski definition) is 1. The topological polar surface area (TPSA) is 58.6 Å². The van der Waals surface area contributed by atoms with E-state index in [1.54, 1.807) is 4.90 Å². The summed E-state index contributed by atoms with van der Waals surface area (Å²) in [7, 11) is 0. The van der Waals surface area contributed by atoms with Gasteiger partial charge in [-0.2, -0.15) is 0 Å². The first-order valence-corrected chi connectivity index (χ1v) is 12.6. The Balaban J connectivity index is 1.74. The van der Waals surface area contributed by atoms with Gasteiger partial charge < -0.3 is 15.0 Å². The zero-order chi connectivity index (χ0) is 22.9. The van der Waals surface area contributed by atoms with Crippen LogP contribution in [0.1, 0.15) is 56.6 Å². The molecule has 1 fully saturated rings. The van der Waals surface area contributed by atoms with Crippen molar-refractivity contribution in [3.05, 3.63) is 63.2 Å². The van der Waals surface area contributed by atoms with Gasteiger partial charge in [0.25, 0.3) is 5.91 Å². The molecule has 1 aliphatic carbocycles. The van der Waals surface area contributed by atoms with Gasteiger partial charge in [0.15, 0.2) is 6.61 Å². The average Bonchev–Trinajstić information content (AvgIpc) is 2.79. The first-order valence-electron chi connectivity index (χ1n) is 11.5. The lowest BCUT2D eigenvalue weighted by Crippen LogP contribution is -2.52. The number of rotatable bonds is 9. The van der Waals surface area contributed by atoms with Crippen molar-refractivity contribution >= 4 is 34.4 Å². The van der Waals surface area contributed by atoms with E-state index >= 15 is 0 Å². The third-order valence-electron chi connectivity index (χ3n) is 5.95. The van der Waals surface area contributed by atoms with Gasteiger partial charge in [-0.1, -0.05) is 56.0 Å². The molecule has 0 unspecified atom stereocenters. The van der Waals surface area contributed by atoms with E-state index in [1.165, 1.54) is 6.42 Å².